The van der Waals surface area contributed by atoms with Crippen LogP contribution in [0.4, 0.5) is 5.69 Å². The number of rotatable bonds is 4. The number of nitro benzene ring substituents is 1. The van der Waals surface area contributed by atoms with Gasteiger partial charge in [-0.2, -0.15) is 4.31 Å². The number of carbonyl (C=O) groups is 1. The SMILES string of the molecule is Cc1ccc([N+](=O)[O-])cc1S(=O)(=O)N1CCN(C(=O)c2cn(C)c3ccccc23)CC1. The molecule has 1 aliphatic heterocycles. The Kier molecular flexibility index (Phi) is 5.28. The zero-order valence-corrected chi connectivity index (χ0v) is 18.0. The van der Waals surface area contributed by atoms with Gasteiger partial charge in [-0.1, -0.05) is 24.3 Å². The van der Waals surface area contributed by atoms with E-state index < -0.39 is 14.9 Å². The number of nitro groups is 1. The molecule has 3 aromatic rings. The van der Waals surface area contributed by atoms with Crippen molar-refractivity contribution in [2.24, 2.45) is 7.05 Å². The first kappa shape index (κ1) is 21.0. The maximum atomic E-state index is 13.1. The predicted octanol–water partition coefficient (Wildman–Crippen LogP) is 2.54. The number of hydrogen-bond donors (Lipinski definition) is 0. The molecule has 10 heteroatoms. The molecule has 0 unspecified atom stereocenters. The van der Waals surface area contributed by atoms with E-state index in [2.05, 4.69) is 0 Å². The van der Waals surface area contributed by atoms with E-state index in [0.29, 0.717) is 11.1 Å². The van der Waals surface area contributed by atoms with E-state index in [9.17, 15) is 23.3 Å². The Morgan fingerprint density at radius 3 is 2.42 bits per heavy atom. The molecule has 0 spiro atoms. The average Bonchev–Trinajstić information content (AvgIpc) is 3.10. The van der Waals surface area contributed by atoms with Crippen molar-refractivity contribution in [1.82, 2.24) is 13.8 Å². The lowest BCUT2D eigenvalue weighted by atomic mass is 10.1. The summed E-state index contributed by atoms with van der Waals surface area (Å²) in [6, 6.07) is 11.5. The molecule has 0 aliphatic carbocycles. The number of piperazine rings is 1. The van der Waals surface area contributed by atoms with Gasteiger partial charge in [0.15, 0.2) is 0 Å². The van der Waals surface area contributed by atoms with Crippen molar-refractivity contribution in [3.63, 3.8) is 0 Å². The number of fused-ring (bicyclic) bond motifs is 1. The summed E-state index contributed by atoms with van der Waals surface area (Å²) in [5, 5.41) is 11.9. The van der Waals surface area contributed by atoms with Crippen LogP contribution in [-0.4, -0.2) is 59.2 Å². The summed E-state index contributed by atoms with van der Waals surface area (Å²) in [6.07, 6.45) is 1.79. The van der Waals surface area contributed by atoms with Crippen LogP contribution in [0.3, 0.4) is 0 Å². The normalized spacial score (nSPS) is 15.4. The zero-order valence-electron chi connectivity index (χ0n) is 17.2. The molecule has 1 saturated heterocycles. The van der Waals surface area contributed by atoms with Crippen LogP contribution in [0.2, 0.25) is 0 Å². The van der Waals surface area contributed by atoms with Crippen molar-refractivity contribution in [3.05, 3.63) is 69.9 Å². The Morgan fingerprint density at radius 1 is 1.06 bits per heavy atom. The highest BCUT2D eigenvalue weighted by atomic mass is 32.2. The molecule has 0 N–H and O–H groups in total. The van der Waals surface area contributed by atoms with Gasteiger partial charge in [0.1, 0.15) is 0 Å². The van der Waals surface area contributed by atoms with Crippen molar-refractivity contribution < 1.29 is 18.1 Å². The van der Waals surface area contributed by atoms with E-state index in [1.165, 1.54) is 16.4 Å². The molecular weight excluding hydrogens is 420 g/mol. The van der Waals surface area contributed by atoms with Crippen LogP contribution in [0.1, 0.15) is 15.9 Å². The second kappa shape index (κ2) is 7.78. The lowest BCUT2D eigenvalue weighted by molar-refractivity contribution is -0.385. The minimum atomic E-state index is -3.91. The molecule has 1 amide bonds. The van der Waals surface area contributed by atoms with Gasteiger partial charge < -0.3 is 9.47 Å². The average molecular weight is 442 g/mol. The number of nitrogens with zero attached hydrogens (tertiary/aromatic N) is 4. The van der Waals surface area contributed by atoms with Crippen molar-refractivity contribution in [2.75, 3.05) is 26.2 Å². The fourth-order valence-electron chi connectivity index (χ4n) is 3.93. The Balaban J connectivity index is 1.54. The fourth-order valence-corrected chi connectivity index (χ4v) is 5.60. The van der Waals surface area contributed by atoms with E-state index in [1.807, 2.05) is 35.9 Å². The highest BCUT2D eigenvalue weighted by molar-refractivity contribution is 7.89. The van der Waals surface area contributed by atoms with E-state index in [0.717, 1.165) is 17.0 Å². The summed E-state index contributed by atoms with van der Waals surface area (Å²) in [6.45, 7) is 2.35. The van der Waals surface area contributed by atoms with Gasteiger partial charge in [-0.05, 0) is 18.6 Å². The molecule has 1 fully saturated rings. The second-order valence-electron chi connectivity index (χ2n) is 7.57. The third kappa shape index (κ3) is 3.68. The highest BCUT2D eigenvalue weighted by Crippen LogP contribution is 2.27. The number of non-ortho nitro benzene ring substituents is 1. The largest absolute Gasteiger partial charge is 0.350 e. The predicted molar refractivity (Wildman–Crippen MR) is 115 cm³/mol. The maximum Gasteiger partial charge on any atom is 0.270 e. The van der Waals surface area contributed by atoms with Crippen LogP contribution in [0.15, 0.2) is 53.6 Å². The molecule has 0 radical (unpaired) electrons. The van der Waals surface area contributed by atoms with Crippen LogP contribution in [-0.2, 0) is 17.1 Å². The van der Waals surface area contributed by atoms with E-state index in [1.54, 1.807) is 18.0 Å². The van der Waals surface area contributed by atoms with Crippen LogP contribution >= 0.6 is 0 Å². The van der Waals surface area contributed by atoms with E-state index >= 15 is 0 Å². The molecule has 1 aromatic heterocycles. The summed E-state index contributed by atoms with van der Waals surface area (Å²) in [7, 11) is -2.03. The lowest BCUT2D eigenvalue weighted by Crippen LogP contribution is -2.50. The number of para-hydroxylation sites is 1. The number of carbonyl (C=O) groups excluding carboxylic acids is 1. The molecule has 2 aromatic carbocycles. The zero-order chi connectivity index (χ0) is 22.3. The van der Waals surface area contributed by atoms with Crippen LogP contribution in [0.25, 0.3) is 10.9 Å². The number of sulfonamides is 1. The second-order valence-corrected chi connectivity index (χ2v) is 9.48. The summed E-state index contributed by atoms with van der Waals surface area (Å²) >= 11 is 0. The van der Waals surface area contributed by atoms with Crippen molar-refractivity contribution in [2.45, 2.75) is 11.8 Å². The Bertz CT molecular complexity index is 1290. The van der Waals surface area contributed by atoms with E-state index in [4.69, 9.17) is 0 Å². The van der Waals surface area contributed by atoms with Crippen molar-refractivity contribution in [1.29, 1.82) is 0 Å². The number of aromatic nitrogens is 1. The molecule has 162 valence electrons. The fraction of sp³-hybridized carbons (Fsp3) is 0.286. The third-order valence-electron chi connectivity index (χ3n) is 5.65. The Morgan fingerprint density at radius 2 is 1.74 bits per heavy atom. The number of aryl methyl sites for hydroxylation is 2. The van der Waals surface area contributed by atoms with Gasteiger partial charge in [0.05, 0.1) is 15.4 Å². The van der Waals surface area contributed by atoms with Gasteiger partial charge >= 0.3 is 0 Å². The smallest absolute Gasteiger partial charge is 0.270 e. The number of amides is 1. The molecule has 1 aliphatic rings. The molecule has 31 heavy (non-hydrogen) atoms. The molecule has 0 saturated carbocycles. The van der Waals surface area contributed by atoms with E-state index in [-0.39, 0.29) is 42.7 Å². The summed E-state index contributed by atoms with van der Waals surface area (Å²) in [4.78, 5) is 25.1. The first-order valence-corrected chi connectivity index (χ1v) is 11.2. The minimum absolute atomic E-state index is 0.0736. The molecule has 2 heterocycles. The summed E-state index contributed by atoms with van der Waals surface area (Å²) in [5.41, 5.74) is 1.71. The number of hydrogen-bond acceptors (Lipinski definition) is 5. The highest BCUT2D eigenvalue weighted by Gasteiger charge is 2.33. The monoisotopic (exact) mass is 442 g/mol. The third-order valence-corrected chi connectivity index (χ3v) is 7.69. The summed E-state index contributed by atoms with van der Waals surface area (Å²) in [5.74, 6) is -0.139. The standard InChI is InChI=1S/C21H22N4O5S/c1-15-7-8-16(25(27)28)13-20(15)31(29,30)24-11-9-23(10-12-24)21(26)18-14-22(2)19-6-4-3-5-17(18)19/h3-8,13-14H,9-12H2,1-2H3. The van der Waals surface area contributed by atoms with Gasteiger partial charge in [-0.25, -0.2) is 8.42 Å². The van der Waals surface area contributed by atoms with Gasteiger partial charge in [0.25, 0.3) is 11.6 Å². The first-order chi connectivity index (χ1) is 14.7. The van der Waals surface area contributed by atoms with Crippen LogP contribution in [0, 0.1) is 17.0 Å². The summed E-state index contributed by atoms with van der Waals surface area (Å²) < 4.78 is 29.4. The minimum Gasteiger partial charge on any atom is -0.350 e. The van der Waals surface area contributed by atoms with Crippen molar-refractivity contribution >= 4 is 32.5 Å². The molecule has 4 rings (SSSR count). The Labute approximate surface area is 179 Å². The van der Waals surface area contributed by atoms with Gasteiger partial charge in [-0.3, -0.25) is 14.9 Å². The number of benzene rings is 2. The topological polar surface area (TPSA) is 106 Å². The van der Waals surface area contributed by atoms with Crippen LogP contribution in [0.5, 0.6) is 0 Å². The Hall–Kier alpha value is -3.24. The molecular formula is C21H22N4O5S. The van der Waals surface area contributed by atoms with Crippen molar-refractivity contribution in [3.8, 4) is 0 Å². The quantitative estimate of drug-likeness (QED) is 0.456. The lowest BCUT2D eigenvalue weighted by Gasteiger charge is -2.34. The van der Waals surface area contributed by atoms with Gasteiger partial charge in [0, 0.05) is 62.5 Å². The van der Waals surface area contributed by atoms with Crippen LogP contribution < -0.4 is 0 Å². The van der Waals surface area contributed by atoms with Gasteiger partial charge in [0.2, 0.25) is 10.0 Å². The first-order valence-electron chi connectivity index (χ1n) is 9.78. The molecule has 0 atom stereocenters. The maximum absolute atomic E-state index is 13.1. The molecule has 9 nitrogen and oxygen atoms in total. The molecule has 0 bridgehead atoms. The van der Waals surface area contributed by atoms with Gasteiger partial charge in [-0.15, -0.1) is 0 Å².